The Morgan fingerprint density at radius 3 is 2.96 bits per heavy atom. The summed E-state index contributed by atoms with van der Waals surface area (Å²) in [5.41, 5.74) is 1.14. The van der Waals surface area contributed by atoms with Crippen molar-refractivity contribution in [1.29, 1.82) is 0 Å². The lowest BCUT2D eigenvalue weighted by atomic mass is 10.2. The molecule has 4 rings (SSSR count). The van der Waals surface area contributed by atoms with Crippen molar-refractivity contribution in [3.63, 3.8) is 0 Å². The molecule has 2 atom stereocenters. The van der Waals surface area contributed by atoms with Crippen molar-refractivity contribution in [2.45, 2.75) is 18.9 Å². The Hall–Kier alpha value is -2.55. The number of hydrogen-bond acceptors (Lipinski definition) is 5. The summed E-state index contributed by atoms with van der Waals surface area (Å²) < 4.78 is 1.15. The molecule has 2 N–H and O–H groups in total. The third-order valence-electron chi connectivity index (χ3n) is 4.91. The summed E-state index contributed by atoms with van der Waals surface area (Å²) >= 11 is 7.50. The second kappa shape index (κ2) is 7.83. The molecule has 3 aromatic rings. The number of para-hydroxylation sites is 1. The number of nitro groups is 1. The van der Waals surface area contributed by atoms with Gasteiger partial charge in [0.1, 0.15) is 11.1 Å². The number of halogens is 1. The molecule has 144 valence electrons. The topological polar surface area (TPSA) is 89.6 Å². The monoisotopic (exact) mass is 417 g/mol. The fourth-order valence-corrected chi connectivity index (χ4v) is 4.95. The van der Waals surface area contributed by atoms with Crippen molar-refractivity contribution in [1.82, 2.24) is 4.98 Å². The molecule has 7 nitrogen and oxygen atoms in total. The Bertz CT molecular complexity index is 1020. The molecule has 28 heavy (non-hydrogen) atoms. The first-order valence-corrected chi connectivity index (χ1v) is 10.1. The van der Waals surface area contributed by atoms with E-state index in [9.17, 15) is 14.9 Å². The Balaban J connectivity index is 1.46. The maximum absolute atomic E-state index is 12.5. The van der Waals surface area contributed by atoms with E-state index in [1.54, 1.807) is 17.4 Å². The Kier molecular flexibility index (Phi) is 5.25. The molecule has 0 saturated carbocycles. The number of amides is 1. The van der Waals surface area contributed by atoms with Crippen LogP contribution in [0.15, 0.2) is 42.5 Å². The predicted molar refractivity (Wildman–Crippen MR) is 109 cm³/mol. The number of nitro benzene ring substituents is 1. The minimum Gasteiger partial charge on any atom is -0.321 e. The van der Waals surface area contributed by atoms with Crippen LogP contribution in [0.2, 0.25) is 5.02 Å². The van der Waals surface area contributed by atoms with Crippen molar-refractivity contribution in [3.05, 3.63) is 62.6 Å². The summed E-state index contributed by atoms with van der Waals surface area (Å²) in [5.74, 6) is -0.181. The van der Waals surface area contributed by atoms with Crippen LogP contribution in [0.3, 0.4) is 0 Å². The van der Waals surface area contributed by atoms with Crippen LogP contribution in [-0.4, -0.2) is 28.9 Å². The zero-order valence-corrected chi connectivity index (χ0v) is 16.4. The second-order valence-corrected chi connectivity index (χ2v) is 8.24. The highest BCUT2D eigenvalue weighted by atomic mass is 35.5. The average molecular weight is 418 g/mol. The van der Waals surface area contributed by atoms with Crippen molar-refractivity contribution >= 4 is 50.4 Å². The molecule has 9 heteroatoms. The first-order chi connectivity index (χ1) is 13.5. The Labute approximate surface area is 170 Å². The number of anilines is 1. The quantitative estimate of drug-likeness (QED) is 0.492. The number of rotatable bonds is 5. The lowest BCUT2D eigenvalue weighted by Gasteiger charge is -2.19. The van der Waals surface area contributed by atoms with E-state index in [-0.39, 0.29) is 29.2 Å². The van der Waals surface area contributed by atoms with E-state index >= 15 is 0 Å². The van der Waals surface area contributed by atoms with E-state index in [0.717, 1.165) is 34.6 Å². The summed E-state index contributed by atoms with van der Waals surface area (Å²) in [6.07, 6.45) is 2.03. The smallest absolute Gasteiger partial charge is 0.289 e. The summed E-state index contributed by atoms with van der Waals surface area (Å²) in [6, 6.07) is 12.5. The van der Waals surface area contributed by atoms with Gasteiger partial charge in [-0.2, -0.15) is 0 Å². The third-order valence-corrected chi connectivity index (χ3v) is 6.38. The molecule has 2 aromatic carbocycles. The van der Waals surface area contributed by atoms with Crippen molar-refractivity contribution in [3.8, 4) is 0 Å². The number of nitrogens with zero attached hydrogens (tertiary/aromatic N) is 2. The minimum absolute atomic E-state index is 0.0454. The van der Waals surface area contributed by atoms with Crippen LogP contribution in [0, 0.1) is 10.1 Å². The van der Waals surface area contributed by atoms with Gasteiger partial charge in [-0.3, -0.25) is 14.9 Å². The molecule has 1 saturated heterocycles. The van der Waals surface area contributed by atoms with Crippen molar-refractivity contribution in [2.75, 3.05) is 18.4 Å². The number of fused-ring (bicyclic) bond motifs is 1. The van der Waals surface area contributed by atoms with Crippen LogP contribution in [0.5, 0.6) is 0 Å². The molecule has 0 bridgehead atoms. The summed E-state index contributed by atoms with van der Waals surface area (Å²) in [6.45, 7) is 1.19. The SMILES string of the molecule is O=C(C[NH+]1CCC[C@@H]1c1nc2ccccc2s1)Nc1ccc(Cl)c([N+](=O)[O-])c1. The molecule has 1 aromatic heterocycles. The van der Waals surface area contributed by atoms with E-state index in [4.69, 9.17) is 16.6 Å². The van der Waals surface area contributed by atoms with Gasteiger partial charge in [-0.25, -0.2) is 4.98 Å². The second-order valence-electron chi connectivity index (χ2n) is 6.77. The van der Waals surface area contributed by atoms with Gasteiger partial charge in [-0.05, 0) is 24.3 Å². The van der Waals surface area contributed by atoms with E-state index in [1.807, 2.05) is 18.2 Å². The van der Waals surface area contributed by atoms with Gasteiger partial charge >= 0.3 is 0 Å². The number of carbonyl (C=O) groups is 1. The van der Waals surface area contributed by atoms with Crippen LogP contribution in [0.25, 0.3) is 10.2 Å². The van der Waals surface area contributed by atoms with Crippen LogP contribution in [0.1, 0.15) is 23.9 Å². The normalized spacial score (nSPS) is 19.0. The molecule has 1 amide bonds. The molecule has 0 aliphatic carbocycles. The van der Waals surface area contributed by atoms with E-state index in [0.29, 0.717) is 5.69 Å². The number of benzene rings is 2. The largest absolute Gasteiger partial charge is 0.321 e. The van der Waals surface area contributed by atoms with Crippen LogP contribution < -0.4 is 10.2 Å². The molecule has 1 unspecified atom stereocenters. The first-order valence-electron chi connectivity index (χ1n) is 8.95. The Morgan fingerprint density at radius 1 is 1.36 bits per heavy atom. The number of quaternary nitrogens is 1. The molecule has 1 aliphatic rings. The lowest BCUT2D eigenvalue weighted by molar-refractivity contribution is -0.910. The summed E-state index contributed by atoms with van der Waals surface area (Å²) in [5, 5.41) is 14.9. The molecule has 2 heterocycles. The van der Waals surface area contributed by atoms with Crippen LogP contribution in [-0.2, 0) is 4.79 Å². The number of aromatic nitrogens is 1. The highest BCUT2D eigenvalue weighted by molar-refractivity contribution is 7.18. The first kappa shape index (κ1) is 18.8. The van der Waals surface area contributed by atoms with Gasteiger partial charge in [0.2, 0.25) is 0 Å². The van der Waals surface area contributed by atoms with Gasteiger partial charge in [0.15, 0.2) is 11.6 Å². The van der Waals surface area contributed by atoms with Crippen molar-refractivity contribution in [2.24, 2.45) is 0 Å². The third kappa shape index (κ3) is 3.84. The van der Waals surface area contributed by atoms with Crippen molar-refractivity contribution < 1.29 is 14.6 Å². The number of hydrogen-bond donors (Lipinski definition) is 2. The highest BCUT2D eigenvalue weighted by Crippen LogP contribution is 2.29. The van der Waals surface area contributed by atoms with Gasteiger partial charge in [-0.1, -0.05) is 23.7 Å². The van der Waals surface area contributed by atoms with Crippen LogP contribution >= 0.6 is 22.9 Å². The molecule has 1 fully saturated rings. The van der Waals surface area contributed by atoms with Gasteiger partial charge < -0.3 is 10.2 Å². The molecule has 1 aliphatic heterocycles. The number of likely N-dealkylation sites (tertiary alicyclic amines) is 1. The predicted octanol–water partition coefficient (Wildman–Crippen LogP) is 3.22. The molecular weight excluding hydrogens is 400 g/mol. The zero-order chi connectivity index (χ0) is 19.7. The number of nitrogens with one attached hydrogen (secondary N) is 2. The molecular formula is C19H18ClN4O3S+. The highest BCUT2D eigenvalue weighted by Gasteiger charge is 2.34. The maximum Gasteiger partial charge on any atom is 0.289 e. The van der Waals surface area contributed by atoms with Gasteiger partial charge in [-0.15, -0.1) is 11.3 Å². The number of thiazole rings is 1. The molecule has 0 radical (unpaired) electrons. The Morgan fingerprint density at radius 2 is 2.18 bits per heavy atom. The average Bonchev–Trinajstić information content (AvgIpc) is 3.29. The van der Waals surface area contributed by atoms with Gasteiger partial charge in [0.05, 0.1) is 21.7 Å². The standard InChI is InChI=1S/C19H17ClN4O3S/c20-13-8-7-12(10-16(13)24(26)27)21-18(25)11-23-9-3-5-15(23)19-22-14-4-1-2-6-17(14)28-19/h1-2,4,6-8,10,15H,3,5,9,11H2,(H,21,25)/p+1/t15-/m1/s1. The fourth-order valence-electron chi connectivity index (χ4n) is 3.60. The zero-order valence-electron chi connectivity index (χ0n) is 14.9. The maximum atomic E-state index is 12.5. The van der Waals surface area contributed by atoms with E-state index in [2.05, 4.69) is 11.4 Å². The van der Waals surface area contributed by atoms with E-state index < -0.39 is 4.92 Å². The summed E-state index contributed by atoms with van der Waals surface area (Å²) in [4.78, 5) is 28.9. The lowest BCUT2D eigenvalue weighted by Crippen LogP contribution is -3.11. The minimum atomic E-state index is -0.563. The number of carbonyl (C=O) groups excluding carboxylic acids is 1. The fraction of sp³-hybridized carbons (Fsp3) is 0.263. The summed E-state index contributed by atoms with van der Waals surface area (Å²) in [7, 11) is 0. The molecule has 0 spiro atoms. The van der Waals surface area contributed by atoms with Crippen LogP contribution in [0.4, 0.5) is 11.4 Å². The van der Waals surface area contributed by atoms with Gasteiger partial charge in [0, 0.05) is 24.6 Å². The van der Waals surface area contributed by atoms with Gasteiger partial charge in [0.25, 0.3) is 11.6 Å². The van der Waals surface area contributed by atoms with E-state index in [1.165, 1.54) is 17.0 Å².